The van der Waals surface area contributed by atoms with Gasteiger partial charge >= 0.3 is 5.76 Å². The number of hydrogen-bond donors (Lipinski definition) is 1. The van der Waals surface area contributed by atoms with E-state index in [9.17, 15) is 22.3 Å². The lowest BCUT2D eigenvalue weighted by Gasteiger charge is -2.31. The van der Waals surface area contributed by atoms with Crippen LogP contribution >= 0.6 is 0 Å². The standard InChI is InChI=1S/C12H15F2NO3S/c13-12(14)19(17,18)15-7-5-10(6-8-15)9-1-3-11(16)4-2-9/h1-4,10,12,16H,5-8H2. The third-order valence-electron chi connectivity index (χ3n) is 3.40. The van der Waals surface area contributed by atoms with E-state index in [1.807, 2.05) is 0 Å². The highest BCUT2D eigenvalue weighted by atomic mass is 32.2. The molecule has 7 heteroatoms. The SMILES string of the molecule is O=S(=O)(C(F)F)N1CCC(c2ccc(O)cc2)CC1. The Bertz CT molecular complexity index is 522. The van der Waals surface area contributed by atoms with Gasteiger partial charge in [0, 0.05) is 13.1 Å². The van der Waals surface area contributed by atoms with Crippen LogP contribution in [0.3, 0.4) is 0 Å². The molecule has 0 spiro atoms. The molecular formula is C12H15F2NO3S. The van der Waals surface area contributed by atoms with Crippen molar-refractivity contribution in [3.8, 4) is 5.75 Å². The van der Waals surface area contributed by atoms with Crippen molar-refractivity contribution in [2.45, 2.75) is 24.5 Å². The van der Waals surface area contributed by atoms with Gasteiger partial charge in [0.05, 0.1) is 0 Å². The Hall–Kier alpha value is -1.21. The molecule has 0 aromatic heterocycles. The van der Waals surface area contributed by atoms with E-state index < -0.39 is 15.8 Å². The summed E-state index contributed by atoms with van der Waals surface area (Å²) < 4.78 is 48.3. The van der Waals surface area contributed by atoms with Gasteiger partial charge in [0.15, 0.2) is 0 Å². The molecule has 0 radical (unpaired) electrons. The fourth-order valence-electron chi connectivity index (χ4n) is 2.30. The molecule has 1 aromatic carbocycles. The smallest absolute Gasteiger partial charge is 0.350 e. The Morgan fingerprint density at radius 3 is 2.16 bits per heavy atom. The molecule has 0 amide bonds. The van der Waals surface area contributed by atoms with Gasteiger partial charge in [-0.15, -0.1) is 0 Å². The fourth-order valence-corrected chi connectivity index (χ4v) is 3.25. The number of halogens is 2. The monoisotopic (exact) mass is 291 g/mol. The number of phenols is 1. The van der Waals surface area contributed by atoms with Crippen molar-refractivity contribution in [2.75, 3.05) is 13.1 Å². The molecule has 106 valence electrons. The molecule has 0 aliphatic carbocycles. The van der Waals surface area contributed by atoms with Crippen LogP contribution in [-0.4, -0.2) is 36.7 Å². The summed E-state index contributed by atoms with van der Waals surface area (Å²) in [6, 6.07) is 6.68. The number of alkyl halides is 2. The number of nitrogens with zero attached hydrogens (tertiary/aromatic N) is 1. The lowest BCUT2D eigenvalue weighted by molar-refractivity contribution is 0.211. The second-order valence-corrected chi connectivity index (χ2v) is 6.47. The summed E-state index contributed by atoms with van der Waals surface area (Å²) in [6.45, 7) is 0.219. The van der Waals surface area contributed by atoms with Gasteiger partial charge < -0.3 is 5.11 Å². The molecule has 1 saturated heterocycles. The Labute approximate surface area is 110 Å². The van der Waals surface area contributed by atoms with Gasteiger partial charge in [-0.1, -0.05) is 12.1 Å². The normalized spacial score (nSPS) is 18.9. The molecule has 1 fully saturated rings. The number of hydrogen-bond acceptors (Lipinski definition) is 3. The molecule has 2 rings (SSSR count). The molecule has 4 nitrogen and oxygen atoms in total. The third kappa shape index (κ3) is 3.03. The molecule has 1 N–H and O–H groups in total. The Morgan fingerprint density at radius 2 is 1.68 bits per heavy atom. The van der Waals surface area contributed by atoms with Crippen LogP contribution < -0.4 is 0 Å². The minimum Gasteiger partial charge on any atom is -0.508 e. The highest BCUT2D eigenvalue weighted by Crippen LogP contribution is 2.30. The maximum absolute atomic E-state index is 12.4. The number of rotatable bonds is 3. The summed E-state index contributed by atoms with van der Waals surface area (Å²) in [7, 11) is -4.45. The van der Waals surface area contributed by atoms with Crippen molar-refractivity contribution < 1.29 is 22.3 Å². The van der Waals surface area contributed by atoms with Crippen LogP contribution in [0.4, 0.5) is 8.78 Å². The molecule has 1 aromatic rings. The highest BCUT2D eigenvalue weighted by molar-refractivity contribution is 7.89. The van der Waals surface area contributed by atoms with E-state index in [0.29, 0.717) is 12.8 Å². The molecule has 0 saturated carbocycles. The lowest BCUT2D eigenvalue weighted by Crippen LogP contribution is -2.40. The largest absolute Gasteiger partial charge is 0.508 e. The summed E-state index contributed by atoms with van der Waals surface area (Å²) in [4.78, 5) is 0. The van der Waals surface area contributed by atoms with Crippen LogP contribution in [0.25, 0.3) is 0 Å². The summed E-state index contributed by atoms with van der Waals surface area (Å²) in [5.74, 6) is -3.04. The molecule has 0 atom stereocenters. The van der Waals surface area contributed by atoms with Gasteiger partial charge in [-0.3, -0.25) is 0 Å². The van der Waals surface area contributed by atoms with Gasteiger partial charge in [0.1, 0.15) is 5.75 Å². The zero-order chi connectivity index (χ0) is 14.0. The summed E-state index contributed by atoms with van der Waals surface area (Å²) in [6.07, 6.45) is 1.02. The first-order valence-electron chi connectivity index (χ1n) is 5.97. The molecule has 0 unspecified atom stereocenters. The lowest BCUT2D eigenvalue weighted by atomic mass is 9.90. The zero-order valence-corrected chi connectivity index (χ0v) is 11.0. The average molecular weight is 291 g/mol. The zero-order valence-electron chi connectivity index (χ0n) is 10.2. The number of piperidine rings is 1. The summed E-state index contributed by atoms with van der Waals surface area (Å²) in [5.41, 5.74) is 0.992. The van der Waals surface area contributed by atoms with Crippen LogP contribution in [0, 0.1) is 0 Å². The van der Waals surface area contributed by atoms with Crippen LogP contribution in [0.15, 0.2) is 24.3 Å². The molecular weight excluding hydrogens is 276 g/mol. The van der Waals surface area contributed by atoms with E-state index in [0.717, 1.165) is 9.87 Å². The molecule has 0 bridgehead atoms. The van der Waals surface area contributed by atoms with Gasteiger partial charge in [-0.2, -0.15) is 13.1 Å². The van der Waals surface area contributed by atoms with E-state index in [2.05, 4.69) is 0 Å². The number of sulfonamides is 1. The number of aromatic hydroxyl groups is 1. The van der Waals surface area contributed by atoms with Crippen LogP contribution in [-0.2, 0) is 10.0 Å². The van der Waals surface area contributed by atoms with E-state index in [1.54, 1.807) is 24.3 Å². The average Bonchev–Trinajstić information content (AvgIpc) is 2.39. The van der Waals surface area contributed by atoms with E-state index in [-0.39, 0.29) is 24.8 Å². The molecule has 1 aliphatic heterocycles. The molecule has 1 aliphatic rings. The first-order chi connectivity index (χ1) is 8.91. The third-order valence-corrected chi connectivity index (χ3v) is 4.94. The van der Waals surface area contributed by atoms with E-state index in [1.165, 1.54) is 0 Å². The fraction of sp³-hybridized carbons (Fsp3) is 0.500. The topological polar surface area (TPSA) is 57.6 Å². The predicted octanol–water partition coefficient (Wildman–Crippen LogP) is 2.12. The first-order valence-corrected chi connectivity index (χ1v) is 7.47. The summed E-state index contributed by atoms with van der Waals surface area (Å²) >= 11 is 0. The van der Waals surface area contributed by atoms with Crippen molar-refractivity contribution in [3.05, 3.63) is 29.8 Å². The highest BCUT2D eigenvalue weighted by Gasteiger charge is 2.34. The second kappa shape index (κ2) is 5.42. The number of phenolic OH excluding ortho intramolecular Hbond substituents is 1. The van der Waals surface area contributed by atoms with Gasteiger partial charge in [0.2, 0.25) is 0 Å². The Kier molecular flexibility index (Phi) is 4.05. The first kappa shape index (κ1) is 14.2. The summed E-state index contributed by atoms with van der Waals surface area (Å²) in [5, 5.41) is 9.19. The maximum Gasteiger partial charge on any atom is 0.350 e. The minimum atomic E-state index is -4.45. The Morgan fingerprint density at radius 1 is 1.16 bits per heavy atom. The van der Waals surface area contributed by atoms with Crippen molar-refractivity contribution in [3.63, 3.8) is 0 Å². The minimum absolute atomic E-state index is 0.109. The Balaban J connectivity index is 2.02. The van der Waals surface area contributed by atoms with Crippen molar-refractivity contribution >= 4 is 10.0 Å². The van der Waals surface area contributed by atoms with Crippen LogP contribution in [0.5, 0.6) is 5.75 Å². The van der Waals surface area contributed by atoms with Gasteiger partial charge in [-0.05, 0) is 36.5 Å². The van der Waals surface area contributed by atoms with Crippen molar-refractivity contribution in [2.24, 2.45) is 0 Å². The van der Waals surface area contributed by atoms with Crippen LogP contribution in [0.1, 0.15) is 24.3 Å². The molecule has 19 heavy (non-hydrogen) atoms. The molecule has 1 heterocycles. The number of benzene rings is 1. The van der Waals surface area contributed by atoms with Crippen LogP contribution in [0.2, 0.25) is 0 Å². The van der Waals surface area contributed by atoms with Crippen molar-refractivity contribution in [1.29, 1.82) is 0 Å². The van der Waals surface area contributed by atoms with Gasteiger partial charge in [0.25, 0.3) is 10.0 Å². The predicted molar refractivity (Wildman–Crippen MR) is 66.6 cm³/mol. The quantitative estimate of drug-likeness (QED) is 0.928. The van der Waals surface area contributed by atoms with E-state index >= 15 is 0 Å². The second-order valence-electron chi connectivity index (χ2n) is 4.57. The maximum atomic E-state index is 12.4. The van der Waals surface area contributed by atoms with Crippen molar-refractivity contribution in [1.82, 2.24) is 4.31 Å². The van der Waals surface area contributed by atoms with Gasteiger partial charge in [-0.25, -0.2) is 8.42 Å². The van der Waals surface area contributed by atoms with E-state index in [4.69, 9.17) is 0 Å².